The summed E-state index contributed by atoms with van der Waals surface area (Å²) in [5, 5.41) is 9.64. The van der Waals surface area contributed by atoms with Crippen LogP contribution in [0.15, 0.2) is 30.3 Å². The van der Waals surface area contributed by atoms with E-state index in [2.05, 4.69) is 37.3 Å². The van der Waals surface area contributed by atoms with Gasteiger partial charge in [0.05, 0.1) is 13.1 Å². The molecule has 2 rings (SSSR count). The predicted molar refractivity (Wildman–Crippen MR) is 70.3 cm³/mol. The summed E-state index contributed by atoms with van der Waals surface area (Å²) in [4.78, 5) is 1.58. The lowest BCUT2D eigenvalue weighted by molar-refractivity contribution is -0.908. The largest absolute Gasteiger partial charge is 0.387 e. The van der Waals surface area contributed by atoms with Crippen molar-refractivity contribution in [1.82, 2.24) is 0 Å². The highest BCUT2D eigenvalue weighted by molar-refractivity contribution is 5.18. The van der Waals surface area contributed by atoms with E-state index >= 15 is 0 Å². The summed E-state index contributed by atoms with van der Waals surface area (Å²) in [6.07, 6.45) is 3.32. The van der Waals surface area contributed by atoms with Gasteiger partial charge < -0.3 is 10.0 Å². The van der Waals surface area contributed by atoms with Gasteiger partial charge in [-0.05, 0) is 24.3 Å². The number of piperidine rings is 1. The molecule has 0 aromatic heterocycles. The number of hydrogen-bond acceptors (Lipinski definition) is 1. The Balaban J connectivity index is 1.78. The van der Waals surface area contributed by atoms with E-state index in [1.165, 1.54) is 31.5 Å². The van der Waals surface area contributed by atoms with Crippen molar-refractivity contribution in [3.8, 4) is 0 Å². The van der Waals surface area contributed by atoms with Gasteiger partial charge in [-0.2, -0.15) is 0 Å². The van der Waals surface area contributed by atoms with Crippen molar-refractivity contribution in [3.05, 3.63) is 35.9 Å². The van der Waals surface area contributed by atoms with E-state index in [1.54, 1.807) is 4.90 Å². The first-order valence-electron chi connectivity index (χ1n) is 6.82. The van der Waals surface area contributed by atoms with Crippen LogP contribution in [0.5, 0.6) is 0 Å². The van der Waals surface area contributed by atoms with E-state index in [4.69, 9.17) is 0 Å². The second-order valence-electron chi connectivity index (χ2n) is 5.35. The molecule has 1 aliphatic rings. The maximum absolute atomic E-state index is 9.64. The molecule has 1 saturated heterocycles. The van der Waals surface area contributed by atoms with Crippen LogP contribution in [0.25, 0.3) is 0 Å². The fraction of sp³-hybridized carbons (Fsp3) is 0.600. The van der Waals surface area contributed by atoms with Crippen LogP contribution in [0.3, 0.4) is 0 Å². The van der Waals surface area contributed by atoms with E-state index in [0.29, 0.717) is 5.92 Å². The van der Waals surface area contributed by atoms with Gasteiger partial charge in [-0.15, -0.1) is 0 Å². The van der Waals surface area contributed by atoms with Crippen LogP contribution in [-0.2, 0) is 0 Å². The van der Waals surface area contributed by atoms with Gasteiger partial charge in [0.1, 0.15) is 12.6 Å². The average molecular weight is 234 g/mol. The molecule has 0 aliphatic carbocycles. The molecule has 2 N–H and O–H groups in total. The van der Waals surface area contributed by atoms with Crippen LogP contribution < -0.4 is 4.90 Å². The molecular weight excluding hydrogens is 210 g/mol. The number of hydrogen-bond donors (Lipinski definition) is 2. The molecule has 17 heavy (non-hydrogen) atoms. The quantitative estimate of drug-likeness (QED) is 0.804. The van der Waals surface area contributed by atoms with Gasteiger partial charge in [0.15, 0.2) is 0 Å². The summed E-state index contributed by atoms with van der Waals surface area (Å²) in [7, 11) is 0. The van der Waals surface area contributed by atoms with Gasteiger partial charge in [-0.1, -0.05) is 37.3 Å². The maximum atomic E-state index is 9.64. The highest BCUT2D eigenvalue weighted by Crippen LogP contribution is 2.17. The van der Waals surface area contributed by atoms with Crippen molar-refractivity contribution in [2.45, 2.75) is 38.2 Å². The Hall–Kier alpha value is -0.860. The minimum Gasteiger partial charge on any atom is -0.387 e. The molecule has 0 amide bonds. The molecule has 0 radical (unpaired) electrons. The Labute approximate surface area is 104 Å². The van der Waals surface area contributed by atoms with Crippen molar-refractivity contribution in [2.75, 3.05) is 19.6 Å². The lowest BCUT2D eigenvalue weighted by atomic mass is 9.97. The molecule has 2 heteroatoms. The Morgan fingerprint density at radius 2 is 2.12 bits per heavy atom. The summed E-state index contributed by atoms with van der Waals surface area (Å²) in [6.45, 7) is 5.67. The third-order valence-corrected chi connectivity index (χ3v) is 3.89. The molecule has 3 atom stereocenters. The lowest BCUT2D eigenvalue weighted by Gasteiger charge is -2.28. The van der Waals surface area contributed by atoms with Crippen molar-refractivity contribution < 1.29 is 10.0 Å². The molecule has 1 aliphatic heterocycles. The number of quaternary nitrogens is 1. The summed E-state index contributed by atoms with van der Waals surface area (Å²) in [6, 6.07) is 10.7. The number of benzene rings is 1. The highest BCUT2D eigenvalue weighted by Gasteiger charge is 2.21. The first kappa shape index (κ1) is 12.6. The van der Waals surface area contributed by atoms with Gasteiger partial charge in [0, 0.05) is 6.42 Å². The molecule has 1 fully saturated rings. The van der Waals surface area contributed by atoms with Gasteiger partial charge in [-0.25, -0.2) is 0 Å². The molecule has 2 nitrogen and oxygen atoms in total. The topological polar surface area (TPSA) is 24.7 Å². The molecule has 1 unspecified atom stereocenters. The van der Waals surface area contributed by atoms with Gasteiger partial charge in [0.25, 0.3) is 0 Å². The minimum atomic E-state index is -0.0641. The molecule has 1 heterocycles. The lowest BCUT2D eigenvalue weighted by Crippen LogP contribution is -3.14. The third kappa shape index (κ3) is 3.83. The third-order valence-electron chi connectivity index (χ3n) is 3.89. The van der Waals surface area contributed by atoms with Gasteiger partial charge in [0.2, 0.25) is 0 Å². The summed E-state index contributed by atoms with van der Waals surface area (Å²) < 4.78 is 0. The van der Waals surface area contributed by atoms with Crippen LogP contribution in [0.1, 0.15) is 37.7 Å². The average Bonchev–Trinajstić information content (AvgIpc) is 2.37. The van der Waals surface area contributed by atoms with E-state index in [0.717, 1.165) is 13.0 Å². The number of rotatable bonds is 4. The Morgan fingerprint density at radius 3 is 2.82 bits per heavy atom. The second-order valence-corrected chi connectivity index (χ2v) is 5.35. The van der Waals surface area contributed by atoms with E-state index in [9.17, 15) is 5.11 Å². The normalized spacial score (nSPS) is 26.7. The molecular formula is C15H24NO+. The van der Waals surface area contributed by atoms with Gasteiger partial charge in [-0.3, -0.25) is 0 Å². The fourth-order valence-electron chi connectivity index (χ4n) is 2.72. The van der Waals surface area contributed by atoms with Crippen molar-refractivity contribution in [1.29, 1.82) is 0 Å². The number of nitrogens with one attached hydrogen (secondary N) is 1. The monoisotopic (exact) mass is 234 g/mol. The van der Waals surface area contributed by atoms with E-state index < -0.39 is 0 Å². The molecule has 0 spiro atoms. The molecule has 0 bridgehead atoms. The summed E-state index contributed by atoms with van der Waals surface area (Å²) in [5.41, 5.74) is 1.43. The molecule has 94 valence electrons. The van der Waals surface area contributed by atoms with Crippen LogP contribution in [0.2, 0.25) is 0 Å². The second kappa shape index (κ2) is 6.18. The number of aliphatic hydroxyl groups is 1. The standard InChI is InChI=1S/C15H23NO/c1-13(14-6-3-2-4-7-14)9-11-16-10-5-8-15(17)12-16/h2-4,6-7,13,15,17H,5,8-12H2,1H3/p+1/t13-,15-/m0/s1. The Morgan fingerprint density at radius 1 is 1.35 bits per heavy atom. The summed E-state index contributed by atoms with van der Waals surface area (Å²) in [5.74, 6) is 0.628. The Bertz CT molecular complexity index is 325. The zero-order chi connectivity index (χ0) is 12.1. The maximum Gasteiger partial charge on any atom is 0.103 e. The minimum absolute atomic E-state index is 0.0641. The van der Waals surface area contributed by atoms with Crippen LogP contribution in [-0.4, -0.2) is 30.8 Å². The highest BCUT2D eigenvalue weighted by atomic mass is 16.3. The van der Waals surface area contributed by atoms with Crippen LogP contribution in [0, 0.1) is 0 Å². The first-order chi connectivity index (χ1) is 8.25. The molecule has 1 aromatic rings. The van der Waals surface area contributed by atoms with Crippen molar-refractivity contribution in [3.63, 3.8) is 0 Å². The molecule has 1 aromatic carbocycles. The first-order valence-corrected chi connectivity index (χ1v) is 6.82. The van der Waals surface area contributed by atoms with Gasteiger partial charge >= 0.3 is 0 Å². The SMILES string of the molecule is C[C@@H](CC[NH+]1CCC[C@H](O)C1)c1ccccc1. The zero-order valence-corrected chi connectivity index (χ0v) is 10.7. The molecule has 0 saturated carbocycles. The zero-order valence-electron chi connectivity index (χ0n) is 10.7. The smallest absolute Gasteiger partial charge is 0.103 e. The summed E-state index contributed by atoms with van der Waals surface area (Å²) >= 11 is 0. The van der Waals surface area contributed by atoms with Crippen molar-refractivity contribution in [2.24, 2.45) is 0 Å². The number of aliphatic hydroxyl groups excluding tert-OH is 1. The van der Waals surface area contributed by atoms with Crippen LogP contribution >= 0.6 is 0 Å². The Kier molecular flexibility index (Phi) is 4.57. The predicted octanol–water partition coefficient (Wildman–Crippen LogP) is 1.22. The van der Waals surface area contributed by atoms with E-state index in [-0.39, 0.29) is 6.10 Å². The van der Waals surface area contributed by atoms with Crippen LogP contribution in [0.4, 0.5) is 0 Å². The number of likely N-dealkylation sites (tertiary alicyclic amines) is 1. The van der Waals surface area contributed by atoms with Crippen molar-refractivity contribution >= 4 is 0 Å². The fourth-order valence-corrected chi connectivity index (χ4v) is 2.72. The van der Waals surface area contributed by atoms with E-state index in [1.807, 2.05) is 0 Å².